The molecule has 0 saturated heterocycles. The topological polar surface area (TPSA) is 88.3 Å². The average Bonchev–Trinajstić information content (AvgIpc) is 3.22. The molecule has 0 fully saturated rings. The summed E-state index contributed by atoms with van der Waals surface area (Å²) in [4.78, 5) is 4.45. The number of ether oxygens (including phenoxy) is 2. The number of furan rings is 1. The van der Waals surface area contributed by atoms with E-state index in [1.54, 1.807) is 32.4 Å². The Balaban J connectivity index is 1.76. The molecule has 1 unspecified atom stereocenters. The van der Waals surface area contributed by atoms with Crippen LogP contribution in [-0.2, 0) is 5.60 Å². The lowest BCUT2D eigenvalue weighted by atomic mass is 10.0. The van der Waals surface area contributed by atoms with Crippen LogP contribution in [0.5, 0.6) is 11.5 Å². The van der Waals surface area contributed by atoms with Crippen LogP contribution in [0.1, 0.15) is 26.0 Å². The molecule has 0 radical (unpaired) electrons. The van der Waals surface area contributed by atoms with Crippen LogP contribution >= 0.6 is 0 Å². The van der Waals surface area contributed by atoms with Gasteiger partial charge in [0, 0.05) is 19.2 Å². The Bertz CT molecular complexity index is 699. The van der Waals surface area contributed by atoms with Crippen molar-refractivity contribution in [1.82, 2.24) is 10.6 Å². The van der Waals surface area contributed by atoms with Gasteiger partial charge in [0.1, 0.15) is 22.9 Å². The maximum Gasteiger partial charge on any atom is 0.191 e. The highest BCUT2D eigenvalue weighted by atomic mass is 16.5. The predicted molar refractivity (Wildman–Crippen MR) is 105 cm³/mol. The molecule has 0 aliphatic heterocycles. The Morgan fingerprint density at radius 1 is 1.22 bits per heavy atom. The van der Waals surface area contributed by atoms with Crippen LogP contribution in [0, 0.1) is 0 Å². The van der Waals surface area contributed by atoms with Crippen LogP contribution in [0.4, 0.5) is 0 Å². The number of hydrogen-bond acceptors (Lipinski definition) is 5. The summed E-state index contributed by atoms with van der Waals surface area (Å²) in [5, 5.41) is 16.9. The molecule has 7 heteroatoms. The average molecular weight is 375 g/mol. The van der Waals surface area contributed by atoms with E-state index in [0.29, 0.717) is 24.9 Å². The SMILES string of the molecule is CCNC(=NCC(C)(O)c1ccco1)NCCCOc1cccc(OC)c1. The Morgan fingerprint density at radius 3 is 2.74 bits per heavy atom. The third-order valence-electron chi connectivity index (χ3n) is 3.86. The molecular weight excluding hydrogens is 346 g/mol. The molecule has 0 bridgehead atoms. The summed E-state index contributed by atoms with van der Waals surface area (Å²) in [6, 6.07) is 11.0. The Kier molecular flexibility index (Phi) is 8.00. The van der Waals surface area contributed by atoms with E-state index in [0.717, 1.165) is 24.5 Å². The molecular formula is C20H29N3O4. The van der Waals surface area contributed by atoms with Crippen LogP contribution in [0.25, 0.3) is 0 Å². The van der Waals surface area contributed by atoms with Gasteiger partial charge in [0.2, 0.25) is 0 Å². The molecule has 148 valence electrons. The van der Waals surface area contributed by atoms with Gasteiger partial charge >= 0.3 is 0 Å². The summed E-state index contributed by atoms with van der Waals surface area (Å²) >= 11 is 0. The highest BCUT2D eigenvalue weighted by Gasteiger charge is 2.25. The van der Waals surface area contributed by atoms with Crippen LogP contribution in [-0.4, -0.2) is 44.4 Å². The minimum atomic E-state index is -1.15. The van der Waals surface area contributed by atoms with E-state index in [1.165, 1.54) is 0 Å². The number of nitrogens with one attached hydrogen (secondary N) is 2. The van der Waals surface area contributed by atoms with E-state index in [1.807, 2.05) is 31.2 Å². The number of rotatable bonds is 10. The van der Waals surface area contributed by atoms with Crippen molar-refractivity contribution in [2.75, 3.05) is 33.4 Å². The second-order valence-corrected chi connectivity index (χ2v) is 6.25. The number of nitrogens with zero attached hydrogens (tertiary/aromatic N) is 1. The normalized spacial score (nSPS) is 13.7. The lowest BCUT2D eigenvalue weighted by Gasteiger charge is -2.19. The molecule has 2 rings (SSSR count). The number of benzene rings is 1. The quantitative estimate of drug-likeness (QED) is 0.336. The van der Waals surface area contributed by atoms with Crippen LogP contribution < -0.4 is 20.1 Å². The van der Waals surface area contributed by atoms with Gasteiger partial charge < -0.3 is 29.6 Å². The maximum absolute atomic E-state index is 10.5. The number of aliphatic hydroxyl groups is 1. The number of guanidine groups is 1. The second kappa shape index (κ2) is 10.5. The molecule has 1 atom stereocenters. The number of aliphatic imine (C=N–C) groups is 1. The van der Waals surface area contributed by atoms with Gasteiger partial charge in [-0.25, -0.2) is 4.99 Å². The van der Waals surface area contributed by atoms with Crippen LogP contribution in [0.3, 0.4) is 0 Å². The minimum absolute atomic E-state index is 0.191. The van der Waals surface area contributed by atoms with Crippen molar-refractivity contribution in [2.45, 2.75) is 25.9 Å². The molecule has 0 aliphatic rings. The van der Waals surface area contributed by atoms with Crippen molar-refractivity contribution in [2.24, 2.45) is 4.99 Å². The van der Waals surface area contributed by atoms with E-state index in [9.17, 15) is 5.11 Å². The fraction of sp³-hybridized carbons (Fsp3) is 0.450. The lowest BCUT2D eigenvalue weighted by Crippen LogP contribution is -2.39. The standard InChI is InChI=1S/C20H29N3O4/c1-4-21-19(23-15-20(2,24)18-10-6-12-27-18)22-11-7-13-26-17-9-5-8-16(14-17)25-3/h5-6,8-10,12,14,24H,4,7,11,13,15H2,1-3H3,(H2,21,22,23). The van der Waals surface area contributed by atoms with Crippen molar-refractivity contribution < 1.29 is 19.0 Å². The zero-order valence-electron chi connectivity index (χ0n) is 16.2. The van der Waals surface area contributed by atoms with Crippen molar-refractivity contribution in [3.8, 4) is 11.5 Å². The smallest absolute Gasteiger partial charge is 0.191 e. The highest BCUT2D eigenvalue weighted by Crippen LogP contribution is 2.21. The summed E-state index contributed by atoms with van der Waals surface area (Å²) < 4.78 is 16.2. The van der Waals surface area contributed by atoms with Crippen molar-refractivity contribution in [1.29, 1.82) is 0 Å². The summed E-state index contributed by atoms with van der Waals surface area (Å²) in [7, 11) is 1.63. The van der Waals surface area contributed by atoms with E-state index < -0.39 is 5.60 Å². The fourth-order valence-corrected chi connectivity index (χ4v) is 2.40. The first-order valence-corrected chi connectivity index (χ1v) is 9.10. The van der Waals surface area contributed by atoms with Crippen molar-refractivity contribution in [3.05, 3.63) is 48.4 Å². The van der Waals surface area contributed by atoms with Gasteiger partial charge in [0.25, 0.3) is 0 Å². The summed E-state index contributed by atoms with van der Waals surface area (Å²) in [5.41, 5.74) is -1.15. The molecule has 0 spiro atoms. The number of hydrogen-bond donors (Lipinski definition) is 3. The molecule has 27 heavy (non-hydrogen) atoms. The molecule has 0 aliphatic carbocycles. The van der Waals surface area contributed by atoms with Gasteiger partial charge in [-0.3, -0.25) is 0 Å². The van der Waals surface area contributed by atoms with Gasteiger partial charge in [-0.15, -0.1) is 0 Å². The lowest BCUT2D eigenvalue weighted by molar-refractivity contribution is 0.0437. The highest BCUT2D eigenvalue weighted by molar-refractivity contribution is 5.79. The van der Waals surface area contributed by atoms with Crippen LogP contribution in [0.2, 0.25) is 0 Å². The minimum Gasteiger partial charge on any atom is -0.497 e. The molecule has 2 aromatic rings. The van der Waals surface area contributed by atoms with Gasteiger partial charge in [-0.1, -0.05) is 6.07 Å². The molecule has 1 heterocycles. The maximum atomic E-state index is 10.5. The Labute approximate surface area is 160 Å². The largest absolute Gasteiger partial charge is 0.497 e. The van der Waals surface area contributed by atoms with Crippen LogP contribution in [0.15, 0.2) is 52.1 Å². The summed E-state index contributed by atoms with van der Waals surface area (Å²) in [5.74, 6) is 2.69. The van der Waals surface area contributed by atoms with E-state index >= 15 is 0 Å². The zero-order chi connectivity index (χ0) is 19.5. The third-order valence-corrected chi connectivity index (χ3v) is 3.86. The fourth-order valence-electron chi connectivity index (χ4n) is 2.40. The molecule has 7 nitrogen and oxygen atoms in total. The van der Waals surface area contributed by atoms with Gasteiger partial charge in [-0.05, 0) is 44.5 Å². The van der Waals surface area contributed by atoms with Gasteiger partial charge in [0.05, 0.1) is 26.5 Å². The summed E-state index contributed by atoms with van der Waals surface area (Å²) in [6.45, 7) is 5.86. The zero-order valence-corrected chi connectivity index (χ0v) is 16.2. The Hall–Kier alpha value is -2.67. The molecule has 0 amide bonds. The molecule has 1 aromatic carbocycles. The molecule has 3 N–H and O–H groups in total. The first kappa shape index (κ1) is 20.6. The van der Waals surface area contributed by atoms with Crippen molar-refractivity contribution in [3.63, 3.8) is 0 Å². The van der Waals surface area contributed by atoms with Crippen molar-refractivity contribution >= 4 is 5.96 Å². The first-order valence-electron chi connectivity index (χ1n) is 9.10. The van der Waals surface area contributed by atoms with E-state index in [2.05, 4.69) is 15.6 Å². The molecule has 1 aromatic heterocycles. The monoisotopic (exact) mass is 375 g/mol. The first-order chi connectivity index (χ1) is 13.0. The predicted octanol–water partition coefficient (Wildman–Crippen LogP) is 2.52. The molecule has 0 saturated carbocycles. The summed E-state index contributed by atoms with van der Waals surface area (Å²) in [6.07, 6.45) is 2.34. The van der Waals surface area contributed by atoms with Gasteiger partial charge in [-0.2, -0.15) is 0 Å². The van der Waals surface area contributed by atoms with Gasteiger partial charge in [0.15, 0.2) is 5.96 Å². The van der Waals surface area contributed by atoms with E-state index in [-0.39, 0.29) is 6.54 Å². The number of methoxy groups -OCH3 is 1. The Morgan fingerprint density at radius 2 is 2.04 bits per heavy atom. The second-order valence-electron chi connectivity index (χ2n) is 6.25. The third kappa shape index (κ3) is 6.86. The van der Waals surface area contributed by atoms with E-state index in [4.69, 9.17) is 13.9 Å².